The minimum absolute atomic E-state index is 0.134. The van der Waals surface area contributed by atoms with Crippen LogP contribution in [0.1, 0.15) is 41.2 Å². The van der Waals surface area contributed by atoms with Crippen LogP contribution in [0.15, 0.2) is 54.9 Å². The summed E-state index contributed by atoms with van der Waals surface area (Å²) < 4.78 is 13.2. The molecule has 32 heavy (non-hydrogen) atoms. The molecule has 0 saturated heterocycles. The third-order valence-electron chi connectivity index (χ3n) is 5.18. The second-order valence-corrected chi connectivity index (χ2v) is 7.65. The molecule has 7 nitrogen and oxygen atoms in total. The number of nitrogens with one attached hydrogen (secondary N) is 1. The lowest BCUT2D eigenvalue weighted by molar-refractivity contribution is -0.111. The van der Waals surface area contributed by atoms with E-state index in [1.54, 1.807) is 54.3 Å². The molecular formula is C25H25N3O4. The van der Waals surface area contributed by atoms with Crippen molar-refractivity contribution in [2.75, 3.05) is 11.9 Å². The molecule has 0 saturated carbocycles. The predicted molar refractivity (Wildman–Crippen MR) is 122 cm³/mol. The Kier molecular flexibility index (Phi) is 6.07. The summed E-state index contributed by atoms with van der Waals surface area (Å²) in [6, 6.07) is 10.6. The standard InChI is InChI=1S/C25H25N3O4/c1-4-31-21-15-19-13-16(2)32-22(19)14-18(21)7-10-23(29)27-20-8-5-17(6-9-20)24(30)25-26-11-12-28(25)3/h5-12,14-16H,4,13H2,1-3H3,(H,27,29)/b10-7+. The Morgan fingerprint density at radius 2 is 2.06 bits per heavy atom. The molecule has 1 aliphatic rings. The fourth-order valence-corrected chi connectivity index (χ4v) is 3.63. The highest BCUT2D eigenvalue weighted by atomic mass is 16.5. The molecule has 0 fully saturated rings. The molecule has 1 aromatic heterocycles. The van der Waals surface area contributed by atoms with Crippen LogP contribution >= 0.6 is 0 Å². The SMILES string of the molecule is CCOc1cc2c(cc1/C=C/C(=O)Nc1ccc(C(=O)c3nccn3C)cc1)OC(C)C2. The molecule has 1 amide bonds. The highest BCUT2D eigenvalue weighted by molar-refractivity contribution is 6.07. The smallest absolute Gasteiger partial charge is 0.248 e. The van der Waals surface area contributed by atoms with Gasteiger partial charge in [0.05, 0.1) is 6.61 Å². The van der Waals surface area contributed by atoms with Crippen LogP contribution in [0.4, 0.5) is 5.69 Å². The third kappa shape index (κ3) is 4.56. The van der Waals surface area contributed by atoms with E-state index in [0.717, 1.165) is 29.0 Å². The minimum atomic E-state index is -0.287. The van der Waals surface area contributed by atoms with Crippen LogP contribution in [-0.2, 0) is 18.3 Å². The topological polar surface area (TPSA) is 82.5 Å². The van der Waals surface area contributed by atoms with Gasteiger partial charge in [0.2, 0.25) is 11.7 Å². The summed E-state index contributed by atoms with van der Waals surface area (Å²) in [5.74, 6) is 1.46. The number of ether oxygens (including phenoxy) is 2. The van der Waals surface area contributed by atoms with Gasteiger partial charge in [-0.2, -0.15) is 0 Å². The highest BCUT2D eigenvalue weighted by Crippen LogP contribution is 2.35. The van der Waals surface area contributed by atoms with Crippen molar-refractivity contribution >= 4 is 23.5 Å². The van der Waals surface area contributed by atoms with Gasteiger partial charge in [0.25, 0.3) is 0 Å². The Morgan fingerprint density at radius 3 is 2.75 bits per heavy atom. The van der Waals surface area contributed by atoms with Crippen molar-refractivity contribution in [2.24, 2.45) is 7.05 Å². The molecule has 7 heteroatoms. The molecule has 0 aliphatic carbocycles. The summed E-state index contributed by atoms with van der Waals surface area (Å²) in [6.07, 6.45) is 7.45. The molecule has 2 heterocycles. The molecular weight excluding hydrogens is 406 g/mol. The molecule has 2 aromatic carbocycles. The average Bonchev–Trinajstić information content (AvgIpc) is 3.36. The lowest BCUT2D eigenvalue weighted by Gasteiger charge is -2.10. The number of amides is 1. The van der Waals surface area contributed by atoms with Gasteiger partial charge in [-0.1, -0.05) is 0 Å². The van der Waals surface area contributed by atoms with E-state index in [-0.39, 0.29) is 17.8 Å². The number of fused-ring (bicyclic) bond motifs is 1. The van der Waals surface area contributed by atoms with Gasteiger partial charge in [-0.3, -0.25) is 9.59 Å². The number of imidazole rings is 1. The number of nitrogens with zero attached hydrogens (tertiary/aromatic N) is 2. The first-order valence-corrected chi connectivity index (χ1v) is 10.5. The number of rotatable bonds is 7. The number of hydrogen-bond donors (Lipinski definition) is 1. The van der Waals surface area contributed by atoms with E-state index < -0.39 is 0 Å². The van der Waals surface area contributed by atoms with Crippen LogP contribution in [0.5, 0.6) is 11.5 Å². The average molecular weight is 431 g/mol. The van der Waals surface area contributed by atoms with Gasteiger partial charge in [0.15, 0.2) is 5.82 Å². The Morgan fingerprint density at radius 1 is 1.28 bits per heavy atom. The fourth-order valence-electron chi connectivity index (χ4n) is 3.63. The molecule has 1 aliphatic heterocycles. The first kappa shape index (κ1) is 21.4. The van der Waals surface area contributed by atoms with Crippen molar-refractivity contribution in [3.63, 3.8) is 0 Å². The van der Waals surface area contributed by atoms with Crippen molar-refractivity contribution in [3.05, 3.63) is 77.4 Å². The van der Waals surface area contributed by atoms with Crippen molar-refractivity contribution in [1.29, 1.82) is 0 Å². The lowest BCUT2D eigenvalue weighted by Crippen LogP contribution is -2.10. The van der Waals surface area contributed by atoms with Gasteiger partial charge in [-0.15, -0.1) is 0 Å². The molecule has 1 N–H and O–H groups in total. The lowest BCUT2D eigenvalue weighted by atomic mass is 10.1. The molecule has 4 rings (SSSR count). The van der Waals surface area contributed by atoms with Crippen LogP contribution in [0, 0.1) is 0 Å². The van der Waals surface area contributed by atoms with Crippen molar-refractivity contribution in [1.82, 2.24) is 9.55 Å². The maximum absolute atomic E-state index is 12.5. The number of ketones is 1. The summed E-state index contributed by atoms with van der Waals surface area (Å²) >= 11 is 0. The molecule has 0 radical (unpaired) electrons. The van der Waals surface area contributed by atoms with Gasteiger partial charge >= 0.3 is 0 Å². The molecule has 0 spiro atoms. The van der Waals surface area contributed by atoms with Crippen molar-refractivity contribution in [3.8, 4) is 11.5 Å². The summed E-state index contributed by atoms with van der Waals surface area (Å²) in [5, 5.41) is 2.81. The molecule has 164 valence electrons. The number of carbonyl (C=O) groups is 2. The molecule has 0 bridgehead atoms. The number of aryl methyl sites for hydroxylation is 1. The monoisotopic (exact) mass is 431 g/mol. The van der Waals surface area contributed by atoms with Crippen LogP contribution < -0.4 is 14.8 Å². The molecule has 3 aromatic rings. The zero-order chi connectivity index (χ0) is 22.7. The van der Waals surface area contributed by atoms with Gasteiger partial charge < -0.3 is 19.4 Å². The predicted octanol–water partition coefficient (Wildman–Crippen LogP) is 4.03. The van der Waals surface area contributed by atoms with Crippen molar-refractivity contribution in [2.45, 2.75) is 26.4 Å². The maximum atomic E-state index is 12.5. The van der Waals surface area contributed by atoms with E-state index in [4.69, 9.17) is 9.47 Å². The van der Waals surface area contributed by atoms with Crippen LogP contribution in [0.25, 0.3) is 6.08 Å². The Hall–Kier alpha value is -3.87. The second kappa shape index (κ2) is 9.09. The summed E-state index contributed by atoms with van der Waals surface area (Å²) in [4.78, 5) is 29.0. The number of aromatic nitrogens is 2. The van der Waals surface area contributed by atoms with E-state index in [0.29, 0.717) is 23.7 Å². The van der Waals surface area contributed by atoms with E-state index >= 15 is 0 Å². The van der Waals surface area contributed by atoms with Crippen LogP contribution in [0.2, 0.25) is 0 Å². The highest BCUT2D eigenvalue weighted by Gasteiger charge is 2.21. The molecule has 1 atom stereocenters. The summed E-state index contributed by atoms with van der Waals surface area (Å²) in [6.45, 7) is 4.49. The zero-order valence-corrected chi connectivity index (χ0v) is 18.3. The maximum Gasteiger partial charge on any atom is 0.248 e. The normalized spacial score (nSPS) is 14.8. The van der Waals surface area contributed by atoms with Gasteiger partial charge in [-0.25, -0.2) is 4.98 Å². The van der Waals surface area contributed by atoms with Gasteiger partial charge in [-0.05, 0) is 56.3 Å². The first-order valence-electron chi connectivity index (χ1n) is 10.5. The number of anilines is 1. The first-order chi connectivity index (χ1) is 15.4. The number of benzene rings is 2. The Labute approximate surface area is 186 Å². The minimum Gasteiger partial charge on any atom is -0.493 e. The second-order valence-electron chi connectivity index (χ2n) is 7.65. The van der Waals surface area contributed by atoms with E-state index in [2.05, 4.69) is 10.3 Å². The summed E-state index contributed by atoms with van der Waals surface area (Å²) in [5.41, 5.74) is 2.99. The quantitative estimate of drug-likeness (QED) is 0.451. The number of hydrogen-bond acceptors (Lipinski definition) is 5. The van der Waals surface area contributed by atoms with Crippen molar-refractivity contribution < 1.29 is 19.1 Å². The zero-order valence-electron chi connectivity index (χ0n) is 18.3. The van der Waals surface area contributed by atoms with Gasteiger partial charge in [0, 0.05) is 54.3 Å². The number of carbonyl (C=O) groups excluding carboxylic acids is 2. The molecule has 1 unspecified atom stereocenters. The Bertz CT molecular complexity index is 1180. The largest absolute Gasteiger partial charge is 0.493 e. The van der Waals surface area contributed by atoms with E-state index in [1.165, 1.54) is 6.08 Å². The van der Waals surface area contributed by atoms with Crippen LogP contribution in [-0.4, -0.2) is 34.0 Å². The third-order valence-corrected chi connectivity index (χ3v) is 5.18. The fraction of sp³-hybridized carbons (Fsp3) is 0.240. The van der Waals surface area contributed by atoms with Gasteiger partial charge in [0.1, 0.15) is 17.6 Å². The Balaban J connectivity index is 1.44. The van der Waals surface area contributed by atoms with Crippen LogP contribution in [0.3, 0.4) is 0 Å². The van der Waals surface area contributed by atoms with E-state index in [1.807, 2.05) is 26.0 Å². The van der Waals surface area contributed by atoms with E-state index in [9.17, 15) is 9.59 Å². The summed E-state index contributed by atoms with van der Waals surface area (Å²) in [7, 11) is 1.77.